The van der Waals surface area contributed by atoms with E-state index >= 15 is 0 Å². The van der Waals surface area contributed by atoms with Gasteiger partial charge in [0.15, 0.2) is 0 Å². The number of nitrogens with two attached hydrogens (primary N) is 1. The number of nitrogens with zero attached hydrogens (tertiary/aromatic N) is 1. The summed E-state index contributed by atoms with van der Waals surface area (Å²) >= 11 is 0. The van der Waals surface area contributed by atoms with Crippen LogP contribution in [0.3, 0.4) is 0 Å². The van der Waals surface area contributed by atoms with Crippen LogP contribution in [0.25, 0.3) is 0 Å². The molecule has 0 saturated carbocycles. The van der Waals surface area contributed by atoms with E-state index in [1.165, 1.54) is 17.0 Å². The van der Waals surface area contributed by atoms with Crippen LogP contribution in [-0.2, 0) is 6.54 Å². The van der Waals surface area contributed by atoms with Crippen molar-refractivity contribution >= 4 is 11.6 Å². The zero-order chi connectivity index (χ0) is 15.4. The SMILES string of the molecule is COc1ccccc1CN(C)C(=O)c1ccc(N)c(F)c1. The van der Waals surface area contributed by atoms with Crippen molar-refractivity contribution in [3.8, 4) is 5.75 Å². The first kappa shape index (κ1) is 14.8. The Bertz CT molecular complexity index is 658. The Hall–Kier alpha value is -2.56. The third-order valence-electron chi connectivity index (χ3n) is 3.19. The molecule has 2 rings (SSSR count). The summed E-state index contributed by atoms with van der Waals surface area (Å²) in [7, 11) is 3.24. The summed E-state index contributed by atoms with van der Waals surface area (Å²) in [5.74, 6) is -0.160. The van der Waals surface area contributed by atoms with Gasteiger partial charge in [-0.2, -0.15) is 0 Å². The lowest BCUT2D eigenvalue weighted by atomic mass is 10.1. The molecule has 5 heteroatoms. The molecule has 0 aliphatic rings. The molecule has 1 amide bonds. The predicted molar refractivity (Wildman–Crippen MR) is 79.6 cm³/mol. The van der Waals surface area contributed by atoms with E-state index < -0.39 is 5.82 Å². The Kier molecular flexibility index (Phi) is 4.42. The highest BCUT2D eigenvalue weighted by Gasteiger charge is 2.15. The van der Waals surface area contributed by atoms with E-state index in [4.69, 9.17) is 10.5 Å². The van der Waals surface area contributed by atoms with Crippen molar-refractivity contribution in [1.82, 2.24) is 4.90 Å². The van der Waals surface area contributed by atoms with Crippen LogP contribution >= 0.6 is 0 Å². The minimum atomic E-state index is -0.591. The highest BCUT2D eigenvalue weighted by molar-refractivity contribution is 5.94. The van der Waals surface area contributed by atoms with Crippen LogP contribution in [0.2, 0.25) is 0 Å². The molecule has 0 fully saturated rings. The zero-order valence-corrected chi connectivity index (χ0v) is 12.0. The minimum absolute atomic E-state index is 0.0268. The molecule has 0 heterocycles. The molecule has 4 nitrogen and oxygen atoms in total. The lowest BCUT2D eigenvalue weighted by Gasteiger charge is -2.19. The second-order valence-electron chi connectivity index (χ2n) is 4.71. The fraction of sp³-hybridized carbons (Fsp3) is 0.188. The number of rotatable bonds is 4. The predicted octanol–water partition coefficient (Wildman–Crippen LogP) is 2.69. The largest absolute Gasteiger partial charge is 0.496 e. The van der Waals surface area contributed by atoms with Gasteiger partial charge in [-0.1, -0.05) is 18.2 Å². The second kappa shape index (κ2) is 6.26. The Labute approximate surface area is 122 Å². The van der Waals surface area contributed by atoms with Crippen LogP contribution in [0.15, 0.2) is 42.5 Å². The Balaban J connectivity index is 2.17. The first-order valence-electron chi connectivity index (χ1n) is 6.45. The number of carbonyl (C=O) groups is 1. The number of carbonyl (C=O) groups excluding carboxylic acids is 1. The van der Waals surface area contributed by atoms with E-state index in [0.29, 0.717) is 12.3 Å². The number of hydrogen-bond acceptors (Lipinski definition) is 3. The van der Waals surface area contributed by atoms with E-state index in [0.717, 1.165) is 11.6 Å². The third-order valence-corrected chi connectivity index (χ3v) is 3.19. The van der Waals surface area contributed by atoms with Gasteiger partial charge in [0.25, 0.3) is 5.91 Å². The molecule has 2 aromatic carbocycles. The van der Waals surface area contributed by atoms with Gasteiger partial charge in [-0.15, -0.1) is 0 Å². The van der Waals surface area contributed by atoms with Crippen LogP contribution in [0.5, 0.6) is 5.75 Å². The second-order valence-corrected chi connectivity index (χ2v) is 4.71. The smallest absolute Gasteiger partial charge is 0.254 e. The fourth-order valence-corrected chi connectivity index (χ4v) is 2.04. The van der Waals surface area contributed by atoms with E-state index in [9.17, 15) is 9.18 Å². The molecule has 0 saturated heterocycles. The first-order valence-corrected chi connectivity index (χ1v) is 6.45. The maximum absolute atomic E-state index is 13.4. The fourth-order valence-electron chi connectivity index (χ4n) is 2.04. The summed E-state index contributed by atoms with van der Waals surface area (Å²) in [6.45, 7) is 0.370. The Morgan fingerprint density at radius 1 is 1.29 bits per heavy atom. The van der Waals surface area contributed by atoms with E-state index in [1.807, 2.05) is 24.3 Å². The number of halogens is 1. The number of nitrogen functional groups attached to an aromatic ring is 1. The number of para-hydroxylation sites is 1. The van der Waals surface area contributed by atoms with Gasteiger partial charge in [0, 0.05) is 24.7 Å². The third kappa shape index (κ3) is 3.31. The van der Waals surface area contributed by atoms with E-state index in [-0.39, 0.29) is 17.2 Å². The average molecular weight is 288 g/mol. The molecule has 0 aliphatic heterocycles. The van der Waals surface area contributed by atoms with Crippen LogP contribution in [0.4, 0.5) is 10.1 Å². The maximum atomic E-state index is 13.4. The van der Waals surface area contributed by atoms with Crippen molar-refractivity contribution in [2.75, 3.05) is 19.9 Å². The molecular weight excluding hydrogens is 271 g/mol. The van der Waals surface area contributed by atoms with Gasteiger partial charge in [-0.3, -0.25) is 4.79 Å². The van der Waals surface area contributed by atoms with Gasteiger partial charge >= 0.3 is 0 Å². The topological polar surface area (TPSA) is 55.6 Å². The molecule has 0 unspecified atom stereocenters. The molecule has 2 aromatic rings. The monoisotopic (exact) mass is 288 g/mol. The van der Waals surface area contributed by atoms with Crippen molar-refractivity contribution in [1.29, 1.82) is 0 Å². The molecule has 0 atom stereocenters. The first-order chi connectivity index (χ1) is 10.0. The van der Waals surface area contributed by atoms with Crippen molar-refractivity contribution < 1.29 is 13.9 Å². The van der Waals surface area contributed by atoms with Gasteiger partial charge in [-0.05, 0) is 24.3 Å². The summed E-state index contributed by atoms with van der Waals surface area (Å²) in [6.07, 6.45) is 0. The summed E-state index contributed by atoms with van der Waals surface area (Å²) in [6, 6.07) is 11.5. The zero-order valence-electron chi connectivity index (χ0n) is 12.0. The molecule has 21 heavy (non-hydrogen) atoms. The van der Waals surface area contributed by atoms with Gasteiger partial charge in [0.2, 0.25) is 0 Å². The highest BCUT2D eigenvalue weighted by atomic mass is 19.1. The Morgan fingerprint density at radius 3 is 2.67 bits per heavy atom. The lowest BCUT2D eigenvalue weighted by molar-refractivity contribution is 0.0784. The molecule has 0 aliphatic carbocycles. The molecular formula is C16H17FN2O2. The standard InChI is InChI=1S/C16H17FN2O2/c1-19(10-12-5-3-4-6-15(12)21-2)16(20)11-7-8-14(18)13(17)9-11/h3-9H,10,18H2,1-2H3. The van der Waals surface area contributed by atoms with Crippen molar-refractivity contribution in [3.05, 3.63) is 59.4 Å². The van der Waals surface area contributed by atoms with Gasteiger partial charge < -0.3 is 15.4 Å². The Morgan fingerprint density at radius 2 is 2.00 bits per heavy atom. The molecule has 110 valence electrons. The van der Waals surface area contributed by atoms with E-state index in [1.54, 1.807) is 14.2 Å². The molecule has 0 radical (unpaired) electrons. The molecule has 0 aromatic heterocycles. The quantitative estimate of drug-likeness (QED) is 0.880. The van der Waals surface area contributed by atoms with Crippen LogP contribution < -0.4 is 10.5 Å². The van der Waals surface area contributed by atoms with E-state index in [2.05, 4.69) is 0 Å². The number of ether oxygens (including phenoxy) is 1. The van der Waals surface area contributed by atoms with Gasteiger partial charge in [0.05, 0.1) is 12.8 Å². The molecule has 0 bridgehead atoms. The maximum Gasteiger partial charge on any atom is 0.254 e. The number of amides is 1. The number of anilines is 1. The summed E-state index contributed by atoms with van der Waals surface area (Å²) in [4.78, 5) is 13.8. The molecule has 2 N–H and O–H groups in total. The molecule has 0 spiro atoms. The van der Waals surface area contributed by atoms with Crippen LogP contribution in [-0.4, -0.2) is 25.0 Å². The van der Waals surface area contributed by atoms with Crippen LogP contribution in [0, 0.1) is 5.82 Å². The van der Waals surface area contributed by atoms with Crippen LogP contribution in [0.1, 0.15) is 15.9 Å². The van der Waals surface area contributed by atoms with Crippen molar-refractivity contribution in [2.24, 2.45) is 0 Å². The number of hydrogen-bond donors (Lipinski definition) is 1. The summed E-state index contributed by atoms with van der Waals surface area (Å²) in [5, 5.41) is 0. The number of benzene rings is 2. The summed E-state index contributed by atoms with van der Waals surface area (Å²) < 4.78 is 18.7. The summed E-state index contributed by atoms with van der Waals surface area (Å²) in [5.41, 5.74) is 6.58. The van der Waals surface area contributed by atoms with Gasteiger partial charge in [-0.25, -0.2) is 4.39 Å². The van der Waals surface area contributed by atoms with Crippen molar-refractivity contribution in [2.45, 2.75) is 6.54 Å². The lowest BCUT2D eigenvalue weighted by Crippen LogP contribution is -2.26. The minimum Gasteiger partial charge on any atom is -0.496 e. The highest BCUT2D eigenvalue weighted by Crippen LogP contribution is 2.20. The van der Waals surface area contributed by atoms with Gasteiger partial charge in [0.1, 0.15) is 11.6 Å². The average Bonchev–Trinajstić information content (AvgIpc) is 2.49. The van der Waals surface area contributed by atoms with Crippen molar-refractivity contribution in [3.63, 3.8) is 0 Å². The normalized spacial score (nSPS) is 10.2. The number of methoxy groups -OCH3 is 1.